The van der Waals surface area contributed by atoms with Gasteiger partial charge >= 0.3 is 0 Å². The molecular weight excluding hydrogens is 245 g/mol. The van der Waals surface area contributed by atoms with Crippen LogP contribution in [0, 0.1) is 12.7 Å². The number of carbonyl (C=O) groups excluding carboxylic acids is 1. The van der Waals surface area contributed by atoms with Gasteiger partial charge in [0.1, 0.15) is 11.4 Å². The Bertz CT molecular complexity index is 473. The molecular formula is C14H20FN3O. The van der Waals surface area contributed by atoms with Crippen LogP contribution < -0.4 is 11.1 Å². The first kappa shape index (κ1) is 13.8. The maximum absolute atomic E-state index is 13.4. The molecule has 0 saturated carbocycles. The fourth-order valence-electron chi connectivity index (χ4n) is 2.72. The summed E-state index contributed by atoms with van der Waals surface area (Å²) in [6.07, 6.45) is 0.619. The summed E-state index contributed by atoms with van der Waals surface area (Å²) in [5, 5.41) is 3.14. The smallest absolute Gasteiger partial charge is 0.244 e. The van der Waals surface area contributed by atoms with Crippen LogP contribution in [-0.2, 0) is 4.79 Å². The highest BCUT2D eigenvalue weighted by molar-refractivity contribution is 5.89. The van der Waals surface area contributed by atoms with E-state index in [1.165, 1.54) is 12.1 Å². The van der Waals surface area contributed by atoms with Gasteiger partial charge in [0.2, 0.25) is 5.91 Å². The van der Waals surface area contributed by atoms with Crippen LogP contribution in [0.25, 0.3) is 0 Å². The molecule has 1 amide bonds. The molecule has 2 atom stereocenters. The Kier molecular flexibility index (Phi) is 3.49. The standard InChI is InChI=1S/C14H20FN3O/c1-9-4-11(15)6-12(5-9)17-14(13(16)19)7-10(2)18(3)8-14/h4-6,10,17H,7-8H2,1-3H3,(H2,16,19). The zero-order chi connectivity index (χ0) is 14.2. The fourth-order valence-corrected chi connectivity index (χ4v) is 2.72. The predicted molar refractivity (Wildman–Crippen MR) is 73.4 cm³/mol. The van der Waals surface area contributed by atoms with Gasteiger partial charge < -0.3 is 16.0 Å². The van der Waals surface area contributed by atoms with Crippen LogP contribution in [0.4, 0.5) is 10.1 Å². The van der Waals surface area contributed by atoms with Crippen LogP contribution in [0.1, 0.15) is 18.9 Å². The van der Waals surface area contributed by atoms with E-state index in [1.807, 2.05) is 27.0 Å². The predicted octanol–water partition coefficient (Wildman–Crippen LogP) is 1.49. The summed E-state index contributed by atoms with van der Waals surface area (Å²) in [6.45, 7) is 4.39. The second-order valence-corrected chi connectivity index (χ2v) is 5.56. The lowest BCUT2D eigenvalue weighted by Gasteiger charge is -2.28. The highest BCUT2D eigenvalue weighted by Gasteiger charge is 2.45. The van der Waals surface area contributed by atoms with Gasteiger partial charge in [0.15, 0.2) is 0 Å². The molecule has 104 valence electrons. The third-order valence-electron chi connectivity index (χ3n) is 3.81. The number of likely N-dealkylation sites (N-methyl/N-ethyl adjacent to an activating group) is 1. The minimum Gasteiger partial charge on any atom is -0.370 e. The van der Waals surface area contributed by atoms with E-state index in [0.717, 1.165) is 5.56 Å². The molecule has 0 aromatic heterocycles. The Morgan fingerprint density at radius 2 is 2.21 bits per heavy atom. The van der Waals surface area contributed by atoms with Gasteiger partial charge in [-0.3, -0.25) is 4.79 Å². The summed E-state index contributed by atoms with van der Waals surface area (Å²) >= 11 is 0. The van der Waals surface area contributed by atoms with Gasteiger partial charge in [-0.1, -0.05) is 0 Å². The molecule has 0 bridgehead atoms. The van der Waals surface area contributed by atoms with Gasteiger partial charge in [-0.2, -0.15) is 0 Å². The maximum atomic E-state index is 13.4. The molecule has 1 aromatic rings. The molecule has 1 heterocycles. The van der Waals surface area contributed by atoms with Crippen molar-refractivity contribution < 1.29 is 9.18 Å². The van der Waals surface area contributed by atoms with Gasteiger partial charge in [-0.05, 0) is 51.1 Å². The maximum Gasteiger partial charge on any atom is 0.244 e. The minimum atomic E-state index is -0.825. The second kappa shape index (κ2) is 4.81. The van der Waals surface area contributed by atoms with Crippen LogP contribution in [0.2, 0.25) is 0 Å². The van der Waals surface area contributed by atoms with E-state index in [2.05, 4.69) is 10.2 Å². The van der Waals surface area contributed by atoms with Crippen molar-refractivity contribution in [3.05, 3.63) is 29.6 Å². The normalized spacial score (nSPS) is 27.5. The number of primary amides is 1. The van der Waals surface area contributed by atoms with Crippen molar-refractivity contribution in [2.75, 3.05) is 18.9 Å². The number of anilines is 1. The largest absolute Gasteiger partial charge is 0.370 e. The summed E-state index contributed by atoms with van der Waals surface area (Å²) < 4.78 is 13.4. The molecule has 19 heavy (non-hydrogen) atoms. The summed E-state index contributed by atoms with van der Waals surface area (Å²) in [5.41, 5.74) is 6.14. The Labute approximate surface area is 112 Å². The van der Waals surface area contributed by atoms with Crippen LogP contribution >= 0.6 is 0 Å². The van der Waals surface area contributed by atoms with E-state index < -0.39 is 11.4 Å². The molecule has 3 N–H and O–H groups in total. The van der Waals surface area contributed by atoms with Crippen LogP contribution in [0.3, 0.4) is 0 Å². The van der Waals surface area contributed by atoms with E-state index >= 15 is 0 Å². The van der Waals surface area contributed by atoms with E-state index in [9.17, 15) is 9.18 Å². The summed E-state index contributed by atoms with van der Waals surface area (Å²) in [7, 11) is 1.95. The quantitative estimate of drug-likeness (QED) is 0.870. The Morgan fingerprint density at radius 1 is 1.53 bits per heavy atom. The van der Waals surface area contributed by atoms with E-state index in [0.29, 0.717) is 18.7 Å². The molecule has 1 aliphatic heterocycles. The molecule has 0 radical (unpaired) electrons. The van der Waals surface area contributed by atoms with Crippen molar-refractivity contribution in [2.24, 2.45) is 5.73 Å². The Hall–Kier alpha value is -1.62. The fraction of sp³-hybridized carbons (Fsp3) is 0.500. The van der Waals surface area contributed by atoms with Crippen molar-refractivity contribution in [3.63, 3.8) is 0 Å². The zero-order valence-electron chi connectivity index (χ0n) is 11.5. The number of nitrogens with zero attached hydrogens (tertiary/aromatic N) is 1. The topological polar surface area (TPSA) is 58.4 Å². The number of hydrogen-bond acceptors (Lipinski definition) is 3. The highest BCUT2D eigenvalue weighted by atomic mass is 19.1. The van der Waals surface area contributed by atoms with Crippen LogP contribution in [0.5, 0.6) is 0 Å². The van der Waals surface area contributed by atoms with Gasteiger partial charge in [-0.15, -0.1) is 0 Å². The third-order valence-corrected chi connectivity index (χ3v) is 3.81. The second-order valence-electron chi connectivity index (χ2n) is 5.56. The van der Waals surface area contributed by atoms with Crippen molar-refractivity contribution in [3.8, 4) is 0 Å². The van der Waals surface area contributed by atoms with Crippen LogP contribution in [0.15, 0.2) is 18.2 Å². The zero-order valence-corrected chi connectivity index (χ0v) is 11.5. The lowest BCUT2D eigenvalue weighted by atomic mass is 9.94. The van der Waals surface area contributed by atoms with Gasteiger partial charge in [0, 0.05) is 18.3 Å². The van der Waals surface area contributed by atoms with Gasteiger partial charge in [0.05, 0.1) is 0 Å². The van der Waals surface area contributed by atoms with E-state index in [1.54, 1.807) is 0 Å². The first-order chi connectivity index (χ1) is 8.82. The molecule has 5 heteroatoms. The van der Waals surface area contributed by atoms with Crippen molar-refractivity contribution in [1.82, 2.24) is 4.90 Å². The minimum absolute atomic E-state index is 0.259. The number of nitrogens with one attached hydrogen (secondary N) is 1. The number of nitrogens with two attached hydrogens (primary N) is 1. The number of amides is 1. The third kappa shape index (κ3) is 2.71. The summed E-state index contributed by atoms with van der Waals surface area (Å²) in [6, 6.07) is 4.91. The number of likely N-dealkylation sites (tertiary alicyclic amines) is 1. The Morgan fingerprint density at radius 3 is 2.68 bits per heavy atom. The Balaban J connectivity index is 2.30. The number of benzene rings is 1. The number of aryl methyl sites for hydroxylation is 1. The van der Waals surface area contributed by atoms with E-state index in [-0.39, 0.29) is 11.9 Å². The SMILES string of the molecule is Cc1cc(F)cc(NC2(C(N)=O)CC(C)N(C)C2)c1. The molecule has 0 aliphatic carbocycles. The first-order valence-corrected chi connectivity index (χ1v) is 6.38. The van der Waals surface area contributed by atoms with Crippen molar-refractivity contribution in [2.45, 2.75) is 31.8 Å². The average Bonchev–Trinajstić information content (AvgIpc) is 2.53. The molecule has 1 aromatic carbocycles. The number of rotatable bonds is 3. The lowest BCUT2D eigenvalue weighted by molar-refractivity contribution is -0.121. The molecule has 1 aliphatic rings. The monoisotopic (exact) mass is 265 g/mol. The summed E-state index contributed by atoms with van der Waals surface area (Å²) in [4.78, 5) is 13.9. The van der Waals surface area contributed by atoms with Crippen molar-refractivity contribution >= 4 is 11.6 Å². The molecule has 2 unspecified atom stereocenters. The number of halogens is 1. The number of carbonyl (C=O) groups is 1. The number of hydrogen-bond donors (Lipinski definition) is 2. The molecule has 2 rings (SSSR count). The molecule has 1 fully saturated rings. The van der Waals surface area contributed by atoms with Crippen LogP contribution in [-0.4, -0.2) is 36.0 Å². The molecule has 0 spiro atoms. The first-order valence-electron chi connectivity index (χ1n) is 6.38. The molecule has 4 nitrogen and oxygen atoms in total. The summed E-state index contributed by atoms with van der Waals surface area (Å²) in [5.74, 6) is -0.716. The van der Waals surface area contributed by atoms with Gasteiger partial charge in [0.25, 0.3) is 0 Å². The van der Waals surface area contributed by atoms with E-state index in [4.69, 9.17) is 5.73 Å². The molecule has 1 saturated heterocycles. The van der Waals surface area contributed by atoms with Crippen molar-refractivity contribution in [1.29, 1.82) is 0 Å². The average molecular weight is 265 g/mol. The highest BCUT2D eigenvalue weighted by Crippen LogP contribution is 2.30. The lowest BCUT2D eigenvalue weighted by Crippen LogP contribution is -2.52. The van der Waals surface area contributed by atoms with Gasteiger partial charge in [-0.25, -0.2) is 4.39 Å².